The van der Waals surface area contributed by atoms with Gasteiger partial charge in [-0.15, -0.1) is 0 Å². The van der Waals surface area contributed by atoms with Crippen LogP contribution < -0.4 is 4.74 Å². The Morgan fingerprint density at radius 3 is 2.64 bits per heavy atom. The monoisotopic (exact) mass is 336 g/mol. The van der Waals surface area contributed by atoms with E-state index in [0.717, 1.165) is 5.82 Å². The molecule has 0 spiro atoms. The number of halogens is 1. The van der Waals surface area contributed by atoms with Crippen molar-refractivity contribution in [2.75, 3.05) is 0 Å². The highest BCUT2D eigenvalue weighted by Crippen LogP contribution is 2.15. The second-order valence-electron chi connectivity index (χ2n) is 5.49. The number of carbonyl (C=O) groups is 1. The minimum absolute atomic E-state index is 0.195. The van der Waals surface area contributed by atoms with Gasteiger partial charge in [0, 0.05) is 30.6 Å². The number of nitrogens with zero attached hydrogens (tertiary/aromatic N) is 2. The van der Waals surface area contributed by atoms with Gasteiger partial charge in [0.2, 0.25) is 0 Å². The van der Waals surface area contributed by atoms with Gasteiger partial charge in [0.05, 0.1) is 0 Å². The van der Waals surface area contributed by atoms with Gasteiger partial charge in [0.25, 0.3) is 0 Å². The molecule has 2 aromatic carbocycles. The summed E-state index contributed by atoms with van der Waals surface area (Å²) in [5, 5.41) is 0. The maximum absolute atomic E-state index is 13.5. The quantitative estimate of drug-likeness (QED) is 0.504. The fourth-order valence-corrected chi connectivity index (χ4v) is 2.27. The third kappa shape index (κ3) is 4.20. The first-order valence-electron chi connectivity index (χ1n) is 7.79. The second kappa shape index (κ2) is 7.57. The molecular formula is C20H17FN2O2. The average molecular weight is 336 g/mol. The number of ether oxygens (including phenoxy) is 1. The van der Waals surface area contributed by atoms with Crippen molar-refractivity contribution in [2.24, 2.45) is 7.05 Å². The normalized spacial score (nSPS) is 11.0. The Kier molecular flexibility index (Phi) is 5.04. The van der Waals surface area contributed by atoms with Gasteiger partial charge >= 0.3 is 0 Å². The summed E-state index contributed by atoms with van der Waals surface area (Å²) in [5.41, 5.74) is 0.891. The first-order valence-corrected chi connectivity index (χ1v) is 7.79. The molecule has 0 aliphatic heterocycles. The Labute approximate surface area is 145 Å². The van der Waals surface area contributed by atoms with Gasteiger partial charge in [0.15, 0.2) is 5.78 Å². The van der Waals surface area contributed by atoms with E-state index in [1.165, 1.54) is 18.2 Å². The number of allylic oxidation sites excluding steroid dienone is 1. The van der Waals surface area contributed by atoms with E-state index in [9.17, 15) is 9.18 Å². The first-order chi connectivity index (χ1) is 12.1. The molecule has 0 aliphatic carbocycles. The molecule has 1 aromatic heterocycles. The van der Waals surface area contributed by atoms with Gasteiger partial charge in [-0.05, 0) is 42.5 Å². The van der Waals surface area contributed by atoms with Gasteiger partial charge in [-0.25, -0.2) is 9.37 Å². The highest BCUT2D eigenvalue weighted by molar-refractivity contribution is 6.06. The van der Waals surface area contributed by atoms with Crippen molar-refractivity contribution in [3.8, 4) is 5.75 Å². The molecule has 4 nitrogen and oxygen atoms in total. The summed E-state index contributed by atoms with van der Waals surface area (Å²) in [6.07, 6.45) is 6.40. The lowest BCUT2D eigenvalue weighted by Gasteiger charge is -2.06. The Hall–Kier alpha value is -3.21. The predicted octanol–water partition coefficient (Wildman–Crippen LogP) is 4.03. The molecule has 0 radical (unpaired) electrons. The first kappa shape index (κ1) is 16.6. The Morgan fingerprint density at radius 1 is 1.20 bits per heavy atom. The van der Waals surface area contributed by atoms with Crippen molar-refractivity contribution in [3.05, 3.63) is 89.8 Å². The molecule has 5 heteroatoms. The molecule has 25 heavy (non-hydrogen) atoms. The molecule has 0 amide bonds. The van der Waals surface area contributed by atoms with E-state index in [1.54, 1.807) is 48.7 Å². The van der Waals surface area contributed by atoms with Crippen LogP contribution in [-0.2, 0) is 13.7 Å². The van der Waals surface area contributed by atoms with Crippen LogP contribution in [0.1, 0.15) is 21.7 Å². The predicted molar refractivity (Wildman–Crippen MR) is 93.7 cm³/mol. The van der Waals surface area contributed by atoms with Crippen LogP contribution in [0.4, 0.5) is 4.39 Å². The number of benzene rings is 2. The molecular weight excluding hydrogens is 319 g/mol. The van der Waals surface area contributed by atoms with Crippen LogP contribution in [0.3, 0.4) is 0 Å². The van der Waals surface area contributed by atoms with E-state index in [4.69, 9.17) is 4.74 Å². The lowest BCUT2D eigenvalue weighted by atomic mass is 10.1. The fourth-order valence-electron chi connectivity index (χ4n) is 2.27. The van der Waals surface area contributed by atoms with Crippen LogP contribution in [0.5, 0.6) is 5.75 Å². The SMILES string of the molecule is Cn1ccnc1COc1ccc(C(=O)/C=C/c2ccccc2F)cc1. The average Bonchev–Trinajstić information content (AvgIpc) is 3.04. The van der Waals surface area contributed by atoms with Crippen LogP contribution in [-0.4, -0.2) is 15.3 Å². The highest BCUT2D eigenvalue weighted by Gasteiger charge is 2.05. The van der Waals surface area contributed by atoms with E-state index >= 15 is 0 Å². The number of hydrogen-bond acceptors (Lipinski definition) is 3. The highest BCUT2D eigenvalue weighted by atomic mass is 19.1. The van der Waals surface area contributed by atoms with Crippen molar-refractivity contribution in [1.29, 1.82) is 0 Å². The number of carbonyl (C=O) groups excluding carboxylic acids is 1. The minimum atomic E-state index is -0.357. The number of rotatable bonds is 6. The van der Waals surface area contributed by atoms with Crippen LogP contribution in [0.25, 0.3) is 6.08 Å². The van der Waals surface area contributed by atoms with E-state index in [1.807, 2.05) is 17.8 Å². The van der Waals surface area contributed by atoms with E-state index < -0.39 is 0 Å². The molecule has 3 aromatic rings. The van der Waals surface area contributed by atoms with Gasteiger partial charge in [0.1, 0.15) is 24.0 Å². The summed E-state index contributed by atoms with van der Waals surface area (Å²) in [4.78, 5) is 16.3. The largest absolute Gasteiger partial charge is 0.486 e. The van der Waals surface area contributed by atoms with Gasteiger partial charge < -0.3 is 9.30 Å². The molecule has 0 bridgehead atoms. The van der Waals surface area contributed by atoms with Crippen LogP contribution in [0.15, 0.2) is 67.0 Å². The van der Waals surface area contributed by atoms with E-state index in [-0.39, 0.29) is 11.6 Å². The zero-order valence-corrected chi connectivity index (χ0v) is 13.7. The zero-order chi connectivity index (χ0) is 17.6. The molecule has 0 aliphatic rings. The number of hydrogen-bond donors (Lipinski definition) is 0. The molecule has 0 unspecified atom stereocenters. The maximum Gasteiger partial charge on any atom is 0.185 e. The number of aryl methyl sites for hydroxylation is 1. The summed E-state index contributed by atoms with van der Waals surface area (Å²) in [6, 6.07) is 13.1. The number of ketones is 1. The molecule has 3 rings (SSSR count). The molecule has 126 valence electrons. The molecule has 0 saturated carbocycles. The summed E-state index contributed by atoms with van der Waals surface area (Å²) >= 11 is 0. The molecule has 0 N–H and O–H groups in total. The topological polar surface area (TPSA) is 44.1 Å². The summed E-state index contributed by atoms with van der Waals surface area (Å²) in [5.74, 6) is 0.911. The maximum atomic E-state index is 13.5. The minimum Gasteiger partial charge on any atom is -0.486 e. The molecule has 1 heterocycles. The van der Waals surface area contributed by atoms with Crippen LogP contribution in [0.2, 0.25) is 0 Å². The van der Waals surface area contributed by atoms with Gasteiger partial charge in [-0.2, -0.15) is 0 Å². The summed E-state index contributed by atoms with van der Waals surface area (Å²) < 4.78 is 21.1. The van der Waals surface area contributed by atoms with E-state index in [0.29, 0.717) is 23.5 Å². The number of imidazole rings is 1. The third-order valence-electron chi connectivity index (χ3n) is 3.75. The molecule has 0 saturated heterocycles. The summed E-state index contributed by atoms with van der Waals surface area (Å²) in [7, 11) is 1.90. The van der Waals surface area contributed by atoms with Crippen molar-refractivity contribution >= 4 is 11.9 Å². The molecule has 0 fully saturated rings. The van der Waals surface area contributed by atoms with Gasteiger partial charge in [-0.1, -0.05) is 18.2 Å². The lowest BCUT2D eigenvalue weighted by Crippen LogP contribution is -2.03. The zero-order valence-electron chi connectivity index (χ0n) is 13.7. The molecule has 0 atom stereocenters. The van der Waals surface area contributed by atoms with Crippen LogP contribution in [0, 0.1) is 5.82 Å². The Morgan fingerprint density at radius 2 is 1.96 bits per heavy atom. The smallest absolute Gasteiger partial charge is 0.185 e. The van der Waals surface area contributed by atoms with Gasteiger partial charge in [-0.3, -0.25) is 4.79 Å². The van der Waals surface area contributed by atoms with Crippen molar-refractivity contribution in [2.45, 2.75) is 6.61 Å². The second-order valence-corrected chi connectivity index (χ2v) is 5.49. The standard InChI is InChI=1S/C20H17FN2O2/c1-23-13-12-22-20(23)14-25-17-9-6-16(7-10-17)19(24)11-8-15-4-2-3-5-18(15)21/h2-13H,14H2,1H3/b11-8+. The fraction of sp³-hybridized carbons (Fsp3) is 0.100. The number of aromatic nitrogens is 2. The van der Waals surface area contributed by atoms with E-state index in [2.05, 4.69) is 4.98 Å². The van der Waals surface area contributed by atoms with Crippen molar-refractivity contribution < 1.29 is 13.9 Å². The lowest BCUT2D eigenvalue weighted by molar-refractivity contribution is 0.104. The summed E-state index contributed by atoms with van der Waals surface area (Å²) in [6.45, 7) is 0.351. The van der Waals surface area contributed by atoms with Crippen LogP contribution >= 0.6 is 0 Å². The van der Waals surface area contributed by atoms with Crippen molar-refractivity contribution in [3.63, 3.8) is 0 Å². The third-order valence-corrected chi connectivity index (χ3v) is 3.75. The Bertz CT molecular complexity index is 898. The van der Waals surface area contributed by atoms with Crippen molar-refractivity contribution in [1.82, 2.24) is 9.55 Å². The Balaban J connectivity index is 1.62.